The Bertz CT molecular complexity index is 3650. The van der Waals surface area contributed by atoms with E-state index in [0.717, 1.165) is 100 Å². The van der Waals surface area contributed by atoms with Crippen LogP contribution < -0.4 is 0 Å². The summed E-state index contributed by atoms with van der Waals surface area (Å²) >= 11 is 0. The molecular weight excluding hydrogens is 798 g/mol. The van der Waals surface area contributed by atoms with Crippen molar-refractivity contribution in [1.29, 1.82) is 10.5 Å². The van der Waals surface area contributed by atoms with Gasteiger partial charge in [-0.25, -0.2) is 0 Å². The van der Waals surface area contributed by atoms with E-state index in [1.54, 1.807) is 6.07 Å². The Morgan fingerprint density at radius 3 is 1.38 bits per heavy atom. The lowest BCUT2D eigenvalue weighted by atomic mass is 9.93. The summed E-state index contributed by atoms with van der Waals surface area (Å²) in [7, 11) is 0. The lowest BCUT2D eigenvalue weighted by Crippen LogP contribution is -2.07. The molecule has 0 N–H and O–H groups in total. The summed E-state index contributed by atoms with van der Waals surface area (Å²) in [6.07, 6.45) is -4.72. The van der Waals surface area contributed by atoms with Crippen molar-refractivity contribution < 1.29 is 13.2 Å². The van der Waals surface area contributed by atoms with Crippen molar-refractivity contribution in [2.45, 2.75) is 47.7 Å². The van der Waals surface area contributed by atoms with E-state index in [-0.39, 0.29) is 11.1 Å². The van der Waals surface area contributed by atoms with Gasteiger partial charge in [-0.15, -0.1) is 0 Å². The molecule has 0 fully saturated rings. The quantitative estimate of drug-likeness (QED) is 0.173. The molecule has 0 bridgehead atoms. The number of hydrogen-bond donors (Lipinski definition) is 0. The molecule has 0 aliphatic heterocycles. The van der Waals surface area contributed by atoms with Gasteiger partial charge in [0, 0.05) is 27.1 Å². The summed E-state index contributed by atoms with van der Waals surface area (Å²) in [6.45, 7) is 12.6. The molecule has 0 unspecified atom stereocenters. The van der Waals surface area contributed by atoms with Crippen molar-refractivity contribution in [3.8, 4) is 56.9 Å². The largest absolute Gasteiger partial charge is 0.416 e. The number of halogens is 3. The maximum absolute atomic E-state index is 14.8. The number of aromatic nitrogens is 2. The zero-order chi connectivity index (χ0) is 44.8. The zero-order valence-electron chi connectivity index (χ0n) is 36.2. The summed E-state index contributed by atoms with van der Waals surface area (Å²) < 4.78 is 48.4. The maximum atomic E-state index is 14.8. The number of nitrogens with zero attached hydrogens (tertiary/aromatic N) is 4. The van der Waals surface area contributed by atoms with Gasteiger partial charge in [0.2, 0.25) is 0 Å². The van der Waals surface area contributed by atoms with Crippen molar-refractivity contribution in [3.05, 3.63) is 190 Å². The highest BCUT2D eigenvalue weighted by molar-refractivity contribution is 6.12. The summed E-state index contributed by atoms with van der Waals surface area (Å²) in [4.78, 5) is 0. The van der Waals surface area contributed by atoms with E-state index in [2.05, 4.69) is 123 Å². The average molecular weight is 839 g/mol. The van der Waals surface area contributed by atoms with Crippen molar-refractivity contribution in [1.82, 2.24) is 9.13 Å². The normalized spacial score (nSPS) is 11.8. The summed E-state index contributed by atoms with van der Waals surface area (Å²) in [5, 5.41) is 25.3. The zero-order valence-corrected chi connectivity index (χ0v) is 36.2. The Balaban J connectivity index is 1.34. The number of para-hydroxylation sites is 2. The van der Waals surface area contributed by atoms with Gasteiger partial charge in [0.25, 0.3) is 0 Å². The highest BCUT2D eigenvalue weighted by Gasteiger charge is 2.32. The van der Waals surface area contributed by atoms with Gasteiger partial charge in [0.05, 0.1) is 56.2 Å². The molecule has 0 aliphatic carbocycles. The Hall–Kier alpha value is -7.87. The third-order valence-corrected chi connectivity index (χ3v) is 12.7. The highest BCUT2D eigenvalue weighted by atomic mass is 19.4. The first-order chi connectivity index (χ1) is 30.7. The molecule has 0 saturated heterocycles. The molecule has 4 nitrogen and oxygen atoms in total. The topological polar surface area (TPSA) is 57.4 Å². The molecule has 10 rings (SSSR count). The number of rotatable bonds is 5. The number of alkyl halides is 3. The fraction of sp³-hybridized carbons (Fsp3) is 0.123. The number of hydrogen-bond acceptors (Lipinski definition) is 2. The third kappa shape index (κ3) is 6.43. The summed E-state index contributed by atoms with van der Waals surface area (Å²) in [6, 6.07) is 49.0. The first kappa shape index (κ1) is 40.2. The smallest absolute Gasteiger partial charge is 0.309 e. The van der Waals surface area contributed by atoms with E-state index >= 15 is 0 Å². The lowest BCUT2D eigenvalue weighted by Gasteiger charge is -2.20. The minimum Gasteiger partial charge on any atom is -0.309 e. The van der Waals surface area contributed by atoms with Gasteiger partial charge in [0.1, 0.15) is 6.07 Å². The first-order valence-electron chi connectivity index (χ1n) is 21.2. The molecule has 0 atom stereocenters. The molecule has 0 aliphatic rings. The molecule has 0 saturated carbocycles. The number of aryl methyl sites for hydroxylation is 6. The molecule has 0 radical (unpaired) electrons. The standard InChI is InChI=1S/C57H41F3N4/c1-32-19-34(3)55(35(4)20-32)39-15-17-46-44-11-7-9-13-49(44)63(52(46)26-39)51-29-48(41-23-38(30-61)24-43(25-41)57(58,59)60)54(28-42(51)31-62)64-50-14-10-8-12-45(50)47-18-16-40(27-53(47)64)56-36(5)21-33(2)22-37(56)6/h7-29H,1-6H3. The van der Waals surface area contributed by atoms with Gasteiger partial charge >= 0.3 is 6.18 Å². The van der Waals surface area contributed by atoms with Crippen molar-refractivity contribution in [3.63, 3.8) is 0 Å². The maximum Gasteiger partial charge on any atom is 0.416 e. The Labute approximate surface area is 369 Å². The molecule has 7 heteroatoms. The van der Waals surface area contributed by atoms with Gasteiger partial charge < -0.3 is 9.13 Å². The van der Waals surface area contributed by atoms with Crippen molar-refractivity contribution >= 4 is 43.6 Å². The van der Waals surface area contributed by atoms with Crippen LogP contribution in [0.3, 0.4) is 0 Å². The second-order valence-electron chi connectivity index (χ2n) is 17.1. The fourth-order valence-electron chi connectivity index (χ4n) is 10.3. The molecule has 0 amide bonds. The van der Waals surface area contributed by atoms with Crippen LogP contribution in [0.25, 0.3) is 88.4 Å². The minimum atomic E-state index is -4.72. The Kier molecular flexibility index (Phi) is 9.36. The van der Waals surface area contributed by atoms with Crippen LogP contribution >= 0.6 is 0 Å². The van der Waals surface area contributed by atoms with Crippen LogP contribution in [0.4, 0.5) is 13.2 Å². The first-order valence-corrected chi connectivity index (χ1v) is 21.2. The molecule has 310 valence electrons. The Morgan fingerprint density at radius 2 is 0.906 bits per heavy atom. The number of fused-ring (bicyclic) bond motifs is 6. The summed E-state index contributed by atoms with van der Waals surface area (Å²) in [5.74, 6) is 0. The van der Waals surface area contributed by atoms with Crippen LogP contribution in [-0.2, 0) is 6.18 Å². The van der Waals surface area contributed by atoms with Crippen LogP contribution in [0.5, 0.6) is 0 Å². The van der Waals surface area contributed by atoms with Gasteiger partial charge in [-0.1, -0.05) is 96.1 Å². The molecule has 2 heterocycles. The van der Waals surface area contributed by atoms with E-state index in [0.29, 0.717) is 22.5 Å². The fourth-order valence-corrected chi connectivity index (χ4v) is 10.3. The lowest BCUT2D eigenvalue weighted by molar-refractivity contribution is -0.137. The molecular formula is C57H41F3N4. The van der Waals surface area contributed by atoms with Crippen LogP contribution in [-0.4, -0.2) is 9.13 Å². The van der Waals surface area contributed by atoms with Crippen LogP contribution in [0.15, 0.2) is 140 Å². The molecule has 0 spiro atoms. The van der Waals surface area contributed by atoms with Crippen LogP contribution in [0.1, 0.15) is 50.1 Å². The minimum absolute atomic E-state index is 0.123. The predicted octanol–water partition coefficient (Wildman–Crippen LogP) is 15.5. The average Bonchev–Trinajstić information content (AvgIpc) is 3.76. The summed E-state index contributed by atoms with van der Waals surface area (Å²) in [5.41, 5.74) is 15.4. The highest BCUT2D eigenvalue weighted by Crippen LogP contribution is 2.44. The second-order valence-corrected chi connectivity index (χ2v) is 17.1. The van der Waals surface area contributed by atoms with E-state index in [4.69, 9.17) is 0 Å². The Morgan fingerprint density at radius 1 is 0.438 bits per heavy atom. The van der Waals surface area contributed by atoms with E-state index in [1.165, 1.54) is 17.2 Å². The third-order valence-electron chi connectivity index (χ3n) is 12.7. The molecule has 2 aromatic heterocycles. The van der Waals surface area contributed by atoms with Gasteiger partial charge in [0.15, 0.2) is 0 Å². The van der Waals surface area contributed by atoms with Crippen molar-refractivity contribution in [2.75, 3.05) is 0 Å². The van der Waals surface area contributed by atoms with Gasteiger partial charge in [-0.05, 0) is 146 Å². The van der Waals surface area contributed by atoms with E-state index < -0.39 is 11.7 Å². The van der Waals surface area contributed by atoms with Crippen molar-refractivity contribution in [2.24, 2.45) is 0 Å². The van der Waals surface area contributed by atoms with Crippen LogP contribution in [0.2, 0.25) is 0 Å². The van der Waals surface area contributed by atoms with E-state index in [1.807, 2.05) is 54.6 Å². The monoisotopic (exact) mass is 838 g/mol. The SMILES string of the molecule is Cc1cc(C)c(-c2ccc3c4ccccc4n(-c4cc(-c5cc(C#N)cc(C(F)(F)F)c5)c(-n5c6ccccc6c6ccc(-c7c(C)cc(C)cc7C)cc65)cc4C#N)c3c2)c(C)c1. The molecule has 64 heavy (non-hydrogen) atoms. The van der Waals surface area contributed by atoms with Gasteiger partial charge in [-0.2, -0.15) is 23.7 Å². The van der Waals surface area contributed by atoms with Gasteiger partial charge in [-0.3, -0.25) is 0 Å². The predicted molar refractivity (Wildman–Crippen MR) is 254 cm³/mol. The molecule has 8 aromatic carbocycles. The number of benzene rings is 8. The van der Waals surface area contributed by atoms with E-state index in [9.17, 15) is 23.7 Å². The second kappa shape index (κ2) is 14.9. The number of nitriles is 2. The van der Waals surface area contributed by atoms with Crippen LogP contribution in [0, 0.1) is 64.2 Å². The molecule has 10 aromatic rings.